The van der Waals surface area contributed by atoms with Gasteiger partial charge in [0.05, 0.1) is 6.54 Å². The zero-order chi connectivity index (χ0) is 13.8. The van der Waals surface area contributed by atoms with Crippen molar-refractivity contribution in [3.05, 3.63) is 12.2 Å². The van der Waals surface area contributed by atoms with Gasteiger partial charge in [0.25, 0.3) is 0 Å². The van der Waals surface area contributed by atoms with E-state index in [-0.39, 0.29) is 17.4 Å². The van der Waals surface area contributed by atoms with E-state index in [0.29, 0.717) is 25.9 Å². The Hall–Kier alpha value is -1.16. The maximum atomic E-state index is 11.8. The predicted molar refractivity (Wildman–Crippen MR) is 72.1 cm³/mol. The Morgan fingerprint density at radius 1 is 1.22 bits per heavy atom. The second-order valence-electron chi connectivity index (χ2n) is 5.93. The first kappa shape index (κ1) is 14.9. The molecule has 0 aromatic heterocycles. The third-order valence-corrected chi connectivity index (χ3v) is 2.88. The van der Waals surface area contributed by atoms with Crippen LogP contribution < -0.4 is 5.32 Å². The van der Waals surface area contributed by atoms with Crippen LogP contribution in [0.25, 0.3) is 0 Å². The van der Waals surface area contributed by atoms with Crippen LogP contribution in [-0.2, 0) is 9.59 Å². The van der Waals surface area contributed by atoms with Crippen molar-refractivity contribution in [3.8, 4) is 0 Å². The van der Waals surface area contributed by atoms with Gasteiger partial charge in [-0.05, 0) is 39.2 Å². The topological polar surface area (TPSA) is 49.4 Å². The smallest absolute Gasteiger partial charge is 0.229 e. The Morgan fingerprint density at radius 3 is 2.17 bits per heavy atom. The number of carbonyl (C=O) groups excluding carboxylic acids is 2. The summed E-state index contributed by atoms with van der Waals surface area (Å²) in [5, 5.41) is 3.31. The van der Waals surface area contributed by atoms with E-state index in [9.17, 15) is 9.59 Å². The summed E-state index contributed by atoms with van der Waals surface area (Å²) in [5.41, 5.74) is 0.879. The Labute approximate surface area is 109 Å². The fraction of sp³-hybridized carbons (Fsp3) is 0.714. The summed E-state index contributed by atoms with van der Waals surface area (Å²) in [6, 6.07) is 0. The Balaban J connectivity index is 2.51. The maximum Gasteiger partial charge on any atom is 0.229 e. The average Bonchev–Trinajstić information content (AvgIpc) is 2.40. The van der Waals surface area contributed by atoms with E-state index < -0.39 is 0 Å². The van der Waals surface area contributed by atoms with Crippen LogP contribution in [0.2, 0.25) is 0 Å². The van der Waals surface area contributed by atoms with Crippen LogP contribution in [0.5, 0.6) is 0 Å². The number of carbonyl (C=O) groups is 2. The van der Waals surface area contributed by atoms with E-state index in [1.54, 1.807) is 0 Å². The maximum absolute atomic E-state index is 11.8. The highest BCUT2D eigenvalue weighted by atomic mass is 16.2. The van der Waals surface area contributed by atoms with Crippen molar-refractivity contribution in [3.63, 3.8) is 0 Å². The molecule has 18 heavy (non-hydrogen) atoms. The number of nitrogens with zero attached hydrogens (tertiary/aromatic N) is 1. The summed E-state index contributed by atoms with van der Waals surface area (Å²) < 4.78 is 0. The van der Waals surface area contributed by atoms with Gasteiger partial charge >= 0.3 is 0 Å². The van der Waals surface area contributed by atoms with E-state index in [1.807, 2.05) is 0 Å². The quantitative estimate of drug-likeness (QED) is 0.614. The molecular weight excluding hydrogens is 228 g/mol. The number of hydrogen-bond donors (Lipinski definition) is 1. The molecule has 1 aliphatic heterocycles. The minimum Gasteiger partial charge on any atom is -0.308 e. The summed E-state index contributed by atoms with van der Waals surface area (Å²) in [7, 11) is 0. The molecule has 0 aromatic carbocycles. The summed E-state index contributed by atoms with van der Waals surface area (Å²) in [6.07, 6.45) is 2.58. The van der Waals surface area contributed by atoms with Crippen LogP contribution in [0, 0.1) is 0 Å². The van der Waals surface area contributed by atoms with E-state index in [1.165, 1.54) is 4.90 Å². The Morgan fingerprint density at radius 2 is 1.72 bits per heavy atom. The highest BCUT2D eigenvalue weighted by molar-refractivity contribution is 5.96. The van der Waals surface area contributed by atoms with Crippen molar-refractivity contribution in [2.24, 2.45) is 0 Å². The molecule has 2 amide bonds. The van der Waals surface area contributed by atoms with E-state index in [2.05, 4.69) is 32.7 Å². The molecule has 0 saturated carbocycles. The summed E-state index contributed by atoms with van der Waals surface area (Å²) in [4.78, 5) is 25.0. The minimum absolute atomic E-state index is 0.00967. The van der Waals surface area contributed by atoms with Gasteiger partial charge in [-0.15, -0.1) is 0 Å². The van der Waals surface area contributed by atoms with Gasteiger partial charge in [0.2, 0.25) is 11.8 Å². The molecule has 0 atom stereocenters. The van der Waals surface area contributed by atoms with Gasteiger partial charge in [-0.25, -0.2) is 0 Å². The van der Waals surface area contributed by atoms with Gasteiger partial charge < -0.3 is 5.32 Å². The highest BCUT2D eigenvalue weighted by Gasteiger charge is 2.24. The largest absolute Gasteiger partial charge is 0.308 e. The molecule has 102 valence electrons. The number of amides is 2. The van der Waals surface area contributed by atoms with Crippen LogP contribution in [0.15, 0.2) is 12.2 Å². The molecule has 1 saturated heterocycles. The van der Waals surface area contributed by atoms with Crippen LogP contribution >= 0.6 is 0 Å². The van der Waals surface area contributed by atoms with Crippen molar-refractivity contribution in [1.82, 2.24) is 10.2 Å². The molecule has 0 radical (unpaired) electrons. The van der Waals surface area contributed by atoms with Crippen LogP contribution in [0.1, 0.15) is 46.5 Å². The van der Waals surface area contributed by atoms with Crippen molar-refractivity contribution in [1.29, 1.82) is 0 Å². The predicted octanol–water partition coefficient (Wildman–Crippen LogP) is 1.86. The number of rotatable bonds is 4. The first-order valence-corrected chi connectivity index (χ1v) is 6.54. The molecule has 0 aliphatic carbocycles. The highest BCUT2D eigenvalue weighted by Crippen LogP contribution is 2.13. The molecule has 1 N–H and O–H groups in total. The molecule has 1 heterocycles. The van der Waals surface area contributed by atoms with Gasteiger partial charge in [0.1, 0.15) is 0 Å². The van der Waals surface area contributed by atoms with Gasteiger partial charge in [0.15, 0.2) is 0 Å². The van der Waals surface area contributed by atoms with Crippen LogP contribution in [0.3, 0.4) is 0 Å². The third kappa shape index (κ3) is 5.00. The standard InChI is InChI=1S/C14H24N2O2/c1-11(9-15-14(2,3)4)10-16-12(17)7-5-6-8-13(16)18/h15H,1,5-10H2,2-4H3. The summed E-state index contributed by atoms with van der Waals surface area (Å²) in [6.45, 7) is 11.1. The zero-order valence-electron chi connectivity index (χ0n) is 11.7. The Kier molecular flexibility index (Phi) is 5.08. The Bertz CT molecular complexity index is 324. The number of likely N-dealkylation sites (tertiary alicyclic amines) is 1. The lowest BCUT2D eigenvalue weighted by atomic mass is 10.1. The molecule has 0 spiro atoms. The second kappa shape index (κ2) is 6.14. The molecule has 1 fully saturated rings. The van der Waals surface area contributed by atoms with E-state index >= 15 is 0 Å². The van der Waals surface area contributed by atoms with Crippen molar-refractivity contribution < 1.29 is 9.59 Å². The molecule has 0 aromatic rings. The van der Waals surface area contributed by atoms with Gasteiger partial charge in [-0.1, -0.05) is 6.58 Å². The molecule has 4 nitrogen and oxygen atoms in total. The van der Waals surface area contributed by atoms with Gasteiger partial charge in [-0.3, -0.25) is 14.5 Å². The van der Waals surface area contributed by atoms with Crippen molar-refractivity contribution in [2.75, 3.05) is 13.1 Å². The molecule has 1 rings (SSSR count). The number of hydrogen-bond acceptors (Lipinski definition) is 3. The van der Waals surface area contributed by atoms with Crippen molar-refractivity contribution >= 4 is 11.8 Å². The van der Waals surface area contributed by atoms with Crippen LogP contribution in [-0.4, -0.2) is 35.3 Å². The second-order valence-corrected chi connectivity index (χ2v) is 5.93. The number of imide groups is 1. The lowest BCUT2D eigenvalue weighted by molar-refractivity contribution is -0.143. The van der Waals surface area contributed by atoms with E-state index in [4.69, 9.17) is 0 Å². The molecular formula is C14H24N2O2. The SMILES string of the molecule is C=C(CNC(C)(C)C)CN1C(=O)CCCCC1=O. The summed E-state index contributed by atoms with van der Waals surface area (Å²) in [5.74, 6) is -0.121. The molecule has 0 bridgehead atoms. The van der Waals surface area contributed by atoms with E-state index in [0.717, 1.165) is 18.4 Å². The molecule has 1 aliphatic rings. The monoisotopic (exact) mass is 252 g/mol. The number of nitrogens with one attached hydrogen (secondary N) is 1. The lowest BCUT2D eigenvalue weighted by Gasteiger charge is -2.24. The zero-order valence-corrected chi connectivity index (χ0v) is 11.7. The molecule has 4 heteroatoms. The molecule has 0 unspecified atom stereocenters. The van der Waals surface area contributed by atoms with Gasteiger partial charge in [0, 0.05) is 24.9 Å². The third-order valence-electron chi connectivity index (χ3n) is 2.88. The minimum atomic E-state index is -0.0607. The normalized spacial score (nSPS) is 17.8. The first-order chi connectivity index (χ1) is 8.29. The summed E-state index contributed by atoms with van der Waals surface area (Å²) >= 11 is 0. The fourth-order valence-electron chi connectivity index (χ4n) is 1.81. The average molecular weight is 252 g/mol. The first-order valence-electron chi connectivity index (χ1n) is 6.54. The lowest BCUT2D eigenvalue weighted by Crippen LogP contribution is -2.41. The van der Waals surface area contributed by atoms with Gasteiger partial charge in [-0.2, -0.15) is 0 Å². The van der Waals surface area contributed by atoms with Crippen LogP contribution in [0.4, 0.5) is 0 Å². The van der Waals surface area contributed by atoms with Crippen molar-refractivity contribution in [2.45, 2.75) is 52.0 Å². The fourth-order valence-corrected chi connectivity index (χ4v) is 1.81.